The number of rotatable bonds is 4. The summed E-state index contributed by atoms with van der Waals surface area (Å²) in [5.74, 6) is -0.338. The molecule has 2 heterocycles. The second-order valence-corrected chi connectivity index (χ2v) is 5.20. The number of fused-ring (bicyclic) bond motifs is 1. The summed E-state index contributed by atoms with van der Waals surface area (Å²) in [6.07, 6.45) is 4.19. The normalized spacial score (nSPS) is 15.8. The number of aromatic nitrogens is 1. The monoisotopic (exact) mass is 274 g/mol. The quantitative estimate of drug-likeness (QED) is 0.841. The average Bonchev–Trinajstić information content (AvgIpc) is 2.96. The van der Waals surface area contributed by atoms with E-state index >= 15 is 0 Å². The topological polar surface area (TPSA) is 54.2 Å². The molecule has 1 aliphatic rings. The van der Waals surface area contributed by atoms with Crippen molar-refractivity contribution in [3.05, 3.63) is 30.2 Å². The van der Waals surface area contributed by atoms with E-state index in [1.165, 1.54) is 18.9 Å². The van der Waals surface area contributed by atoms with Gasteiger partial charge in [-0.1, -0.05) is 0 Å². The molecule has 0 aliphatic carbocycles. The van der Waals surface area contributed by atoms with Crippen LogP contribution in [-0.2, 0) is 0 Å². The third kappa shape index (κ3) is 2.54. The van der Waals surface area contributed by atoms with Crippen LogP contribution in [0.5, 0.6) is 0 Å². The average molecular weight is 274 g/mol. The van der Waals surface area contributed by atoms with Crippen molar-refractivity contribution in [1.29, 1.82) is 0 Å². The summed E-state index contributed by atoms with van der Waals surface area (Å²) in [5.41, 5.74) is 7.32. The lowest BCUT2D eigenvalue weighted by atomic mass is 10.1. The van der Waals surface area contributed by atoms with Crippen LogP contribution < -0.4 is 11.1 Å². The fourth-order valence-corrected chi connectivity index (χ4v) is 2.75. The van der Waals surface area contributed by atoms with E-state index in [4.69, 9.17) is 5.73 Å². The SMILES string of the molecule is Nc1cc(F)c(NCCN2CCCC2)c2ncccc12. The number of likely N-dealkylation sites (tertiary alicyclic amines) is 1. The summed E-state index contributed by atoms with van der Waals surface area (Å²) >= 11 is 0. The lowest BCUT2D eigenvalue weighted by molar-refractivity contribution is 0.352. The standard InChI is InChI=1S/C15H19FN4/c16-12-10-13(17)11-4-3-5-18-14(11)15(12)19-6-9-20-7-1-2-8-20/h3-5,10,19H,1-2,6-9,17H2. The molecule has 1 aromatic heterocycles. The van der Waals surface area contributed by atoms with Crippen molar-refractivity contribution in [2.75, 3.05) is 37.2 Å². The summed E-state index contributed by atoms with van der Waals surface area (Å²) in [4.78, 5) is 6.64. The summed E-state index contributed by atoms with van der Waals surface area (Å²) in [6, 6.07) is 5.04. The fraction of sp³-hybridized carbons (Fsp3) is 0.400. The first-order chi connectivity index (χ1) is 9.75. The highest BCUT2D eigenvalue weighted by Gasteiger charge is 2.13. The molecule has 1 fully saturated rings. The predicted molar refractivity (Wildman–Crippen MR) is 80.3 cm³/mol. The number of pyridine rings is 1. The highest BCUT2D eigenvalue weighted by molar-refractivity contribution is 5.98. The van der Waals surface area contributed by atoms with Crippen LogP contribution in [0.25, 0.3) is 10.9 Å². The maximum absolute atomic E-state index is 14.1. The molecule has 20 heavy (non-hydrogen) atoms. The Labute approximate surface area is 117 Å². The van der Waals surface area contributed by atoms with Gasteiger partial charge in [0.05, 0.1) is 11.2 Å². The minimum Gasteiger partial charge on any atom is -0.398 e. The second-order valence-electron chi connectivity index (χ2n) is 5.20. The van der Waals surface area contributed by atoms with Crippen molar-refractivity contribution in [2.45, 2.75) is 12.8 Å². The number of nitrogen functional groups attached to an aromatic ring is 1. The maximum atomic E-state index is 14.1. The van der Waals surface area contributed by atoms with E-state index in [1.807, 2.05) is 12.1 Å². The number of nitrogens with two attached hydrogens (primary N) is 1. The summed E-state index contributed by atoms with van der Waals surface area (Å²) in [6.45, 7) is 3.93. The molecule has 0 spiro atoms. The number of halogens is 1. The summed E-state index contributed by atoms with van der Waals surface area (Å²) in [7, 11) is 0. The van der Waals surface area contributed by atoms with Crippen LogP contribution in [0.1, 0.15) is 12.8 Å². The predicted octanol–water partition coefficient (Wildman–Crippen LogP) is 2.46. The Hall–Kier alpha value is -1.88. The molecule has 2 aromatic rings. The number of benzene rings is 1. The van der Waals surface area contributed by atoms with Gasteiger partial charge in [0.1, 0.15) is 0 Å². The lowest BCUT2D eigenvalue weighted by Crippen LogP contribution is -2.26. The first-order valence-electron chi connectivity index (χ1n) is 7.04. The van der Waals surface area contributed by atoms with E-state index in [0.29, 0.717) is 23.4 Å². The molecular weight excluding hydrogens is 255 g/mol. The van der Waals surface area contributed by atoms with Gasteiger partial charge in [-0.05, 0) is 44.1 Å². The number of hydrogen-bond acceptors (Lipinski definition) is 4. The van der Waals surface area contributed by atoms with E-state index in [1.54, 1.807) is 6.20 Å². The van der Waals surface area contributed by atoms with Gasteiger partial charge in [0, 0.05) is 30.4 Å². The Kier molecular flexibility index (Phi) is 3.69. The van der Waals surface area contributed by atoms with Gasteiger partial charge in [0.2, 0.25) is 0 Å². The van der Waals surface area contributed by atoms with Gasteiger partial charge >= 0.3 is 0 Å². The minimum absolute atomic E-state index is 0.338. The van der Waals surface area contributed by atoms with E-state index in [9.17, 15) is 4.39 Å². The molecule has 0 radical (unpaired) electrons. The van der Waals surface area contributed by atoms with Crippen molar-refractivity contribution in [1.82, 2.24) is 9.88 Å². The molecule has 1 aromatic carbocycles. The molecular formula is C15H19FN4. The number of hydrogen-bond donors (Lipinski definition) is 2. The van der Waals surface area contributed by atoms with Crippen molar-refractivity contribution >= 4 is 22.3 Å². The Bertz CT molecular complexity index is 608. The third-order valence-electron chi connectivity index (χ3n) is 3.81. The van der Waals surface area contributed by atoms with Crippen molar-refractivity contribution in [2.24, 2.45) is 0 Å². The van der Waals surface area contributed by atoms with Gasteiger partial charge in [-0.25, -0.2) is 4.39 Å². The Morgan fingerprint density at radius 2 is 2.15 bits per heavy atom. The van der Waals surface area contributed by atoms with Crippen LogP contribution >= 0.6 is 0 Å². The number of nitrogens with zero attached hydrogens (tertiary/aromatic N) is 2. The highest BCUT2D eigenvalue weighted by atomic mass is 19.1. The van der Waals surface area contributed by atoms with E-state index in [0.717, 1.165) is 25.0 Å². The van der Waals surface area contributed by atoms with Crippen molar-refractivity contribution in [3.63, 3.8) is 0 Å². The van der Waals surface area contributed by atoms with Crippen molar-refractivity contribution in [3.8, 4) is 0 Å². The second kappa shape index (κ2) is 5.63. The smallest absolute Gasteiger partial charge is 0.150 e. The van der Waals surface area contributed by atoms with Crippen LogP contribution in [0.3, 0.4) is 0 Å². The molecule has 106 valence electrons. The van der Waals surface area contributed by atoms with Gasteiger partial charge in [-0.3, -0.25) is 4.98 Å². The molecule has 0 unspecified atom stereocenters. The zero-order valence-electron chi connectivity index (χ0n) is 11.4. The van der Waals surface area contributed by atoms with E-state index in [-0.39, 0.29) is 5.82 Å². The fourth-order valence-electron chi connectivity index (χ4n) is 2.75. The first kappa shape index (κ1) is 13.1. The highest BCUT2D eigenvalue weighted by Crippen LogP contribution is 2.29. The molecule has 0 saturated carbocycles. The van der Waals surface area contributed by atoms with Gasteiger partial charge in [-0.15, -0.1) is 0 Å². The molecule has 5 heteroatoms. The molecule has 1 aliphatic heterocycles. The largest absolute Gasteiger partial charge is 0.398 e. The van der Waals surface area contributed by atoms with Crippen LogP contribution in [0.15, 0.2) is 24.4 Å². The molecule has 0 amide bonds. The first-order valence-corrected chi connectivity index (χ1v) is 7.04. The van der Waals surface area contributed by atoms with E-state index in [2.05, 4.69) is 15.2 Å². The summed E-state index contributed by atoms with van der Waals surface area (Å²) < 4.78 is 14.1. The number of anilines is 2. The molecule has 0 atom stereocenters. The lowest BCUT2D eigenvalue weighted by Gasteiger charge is -2.16. The van der Waals surface area contributed by atoms with Gasteiger partial charge in [0.25, 0.3) is 0 Å². The Balaban J connectivity index is 1.79. The van der Waals surface area contributed by atoms with Gasteiger partial charge in [-0.2, -0.15) is 0 Å². The zero-order valence-corrected chi connectivity index (χ0v) is 11.4. The van der Waals surface area contributed by atoms with Crippen LogP contribution in [-0.4, -0.2) is 36.1 Å². The molecule has 3 rings (SSSR count). The third-order valence-corrected chi connectivity index (χ3v) is 3.81. The molecule has 0 bridgehead atoms. The van der Waals surface area contributed by atoms with Crippen LogP contribution in [0.4, 0.5) is 15.8 Å². The van der Waals surface area contributed by atoms with E-state index < -0.39 is 0 Å². The molecule has 4 nitrogen and oxygen atoms in total. The van der Waals surface area contributed by atoms with Gasteiger partial charge < -0.3 is 16.0 Å². The molecule has 3 N–H and O–H groups in total. The van der Waals surface area contributed by atoms with Gasteiger partial charge in [0.15, 0.2) is 5.82 Å². The Morgan fingerprint density at radius 3 is 2.95 bits per heavy atom. The van der Waals surface area contributed by atoms with Crippen LogP contribution in [0, 0.1) is 5.82 Å². The van der Waals surface area contributed by atoms with Crippen molar-refractivity contribution < 1.29 is 4.39 Å². The summed E-state index contributed by atoms with van der Waals surface area (Å²) in [5, 5.41) is 3.96. The molecule has 1 saturated heterocycles. The zero-order chi connectivity index (χ0) is 13.9. The van der Waals surface area contributed by atoms with Crippen LogP contribution in [0.2, 0.25) is 0 Å². The minimum atomic E-state index is -0.338. The Morgan fingerprint density at radius 1 is 1.35 bits per heavy atom. The maximum Gasteiger partial charge on any atom is 0.150 e. The number of nitrogens with one attached hydrogen (secondary N) is 1.